The van der Waals surface area contributed by atoms with Crippen molar-refractivity contribution in [2.45, 2.75) is 13.5 Å². The SMILES string of the molecule is Cc1cnc(Cn2cccn2)nc1C(=O)O. The van der Waals surface area contributed by atoms with Crippen LogP contribution in [-0.2, 0) is 6.54 Å². The van der Waals surface area contributed by atoms with E-state index in [0.29, 0.717) is 17.9 Å². The van der Waals surface area contributed by atoms with Crippen molar-refractivity contribution in [3.05, 3.63) is 41.7 Å². The van der Waals surface area contributed by atoms with Crippen molar-refractivity contribution in [3.63, 3.8) is 0 Å². The number of hydrogen-bond donors (Lipinski definition) is 1. The summed E-state index contributed by atoms with van der Waals surface area (Å²) in [4.78, 5) is 18.9. The van der Waals surface area contributed by atoms with E-state index in [1.165, 1.54) is 6.20 Å². The summed E-state index contributed by atoms with van der Waals surface area (Å²) in [5, 5.41) is 12.9. The summed E-state index contributed by atoms with van der Waals surface area (Å²) in [6.45, 7) is 2.04. The highest BCUT2D eigenvalue weighted by Gasteiger charge is 2.10. The number of aromatic carboxylic acids is 1. The van der Waals surface area contributed by atoms with E-state index in [1.807, 2.05) is 0 Å². The van der Waals surface area contributed by atoms with Crippen LogP contribution in [0, 0.1) is 6.92 Å². The Morgan fingerprint density at radius 1 is 1.56 bits per heavy atom. The number of hydrogen-bond acceptors (Lipinski definition) is 4. The van der Waals surface area contributed by atoms with Crippen molar-refractivity contribution in [1.82, 2.24) is 19.7 Å². The Bertz CT molecular complexity index is 508. The minimum absolute atomic E-state index is 0.0390. The quantitative estimate of drug-likeness (QED) is 0.821. The second-order valence-electron chi connectivity index (χ2n) is 3.33. The summed E-state index contributed by atoms with van der Waals surface area (Å²) in [5.74, 6) is -0.603. The van der Waals surface area contributed by atoms with Gasteiger partial charge in [0, 0.05) is 24.2 Å². The Balaban J connectivity index is 2.29. The molecule has 0 aliphatic rings. The second kappa shape index (κ2) is 4.09. The largest absolute Gasteiger partial charge is 0.477 e. The average Bonchev–Trinajstić information content (AvgIpc) is 2.73. The minimum atomic E-state index is -1.04. The molecule has 16 heavy (non-hydrogen) atoms. The number of nitrogens with zero attached hydrogens (tertiary/aromatic N) is 4. The van der Waals surface area contributed by atoms with Crippen LogP contribution in [0.3, 0.4) is 0 Å². The van der Waals surface area contributed by atoms with Crippen molar-refractivity contribution < 1.29 is 9.90 Å². The molecule has 0 spiro atoms. The smallest absolute Gasteiger partial charge is 0.354 e. The van der Waals surface area contributed by atoms with Crippen LogP contribution < -0.4 is 0 Å². The van der Waals surface area contributed by atoms with E-state index >= 15 is 0 Å². The first-order chi connectivity index (χ1) is 7.66. The maximum Gasteiger partial charge on any atom is 0.354 e. The molecule has 2 aromatic heterocycles. The Hall–Kier alpha value is -2.24. The minimum Gasteiger partial charge on any atom is -0.477 e. The van der Waals surface area contributed by atoms with E-state index in [1.54, 1.807) is 30.1 Å². The number of carboxylic acids is 1. The fraction of sp³-hybridized carbons (Fsp3) is 0.200. The third-order valence-corrected chi connectivity index (χ3v) is 2.09. The third kappa shape index (κ3) is 2.05. The van der Waals surface area contributed by atoms with Crippen LogP contribution in [-0.4, -0.2) is 30.8 Å². The predicted octanol–water partition coefficient (Wildman–Crippen LogP) is 0.728. The van der Waals surface area contributed by atoms with Gasteiger partial charge in [-0.05, 0) is 13.0 Å². The molecular formula is C10H10N4O2. The van der Waals surface area contributed by atoms with Crippen molar-refractivity contribution >= 4 is 5.97 Å². The highest BCUT2D eigenvalue weighted by atomic mass is 16.4. The van der Waals surface area contributed by atoms with Crippen LogP contribution in [0.2, 0.25) is 0 Å². The lowest BCUT2D eigenvalue weighted by atomic mass is 10.2. The topological polar surface area (TPSA) is 80.9 Å². The lowest BCUT2D eigenvalue weighted by Gasteiger charge is -2.03. The van der Waals surface area contributed by atoms with Gasteiger partial charge in [-0.1, -0.05) is 0 Å². The summed E-state index contributed by atoms with van der Waals surface area (Å²) in [6.07, 6.45) is 4.92. The van der Waals surface area contributed by atoms with Gasteiger partial charge in [0.15, 0.2) is 11.5 Å². The molecule has 0 fully saturated rings. The molecule has 0 aliphatic heterocycles. The van der Waals surface area contributed by atoms with Crippen molar-refractivity contribution in [1.29, 1.82) is 0 Å². The molecule has 0 radical (unpaired) electrons. The number of aromatic nitrogens is 4. The van der Waals surface area contributed by atoms with Gasteiger partial charge in [-0.15, -0.1) is 0 Å². The maximum absolute atomic E-state index is 10.9. The third-order valence-electron chi connectivity index (χ3n) is 2.09. The molecule has 0 saturated heterocycles. The number of carbonyl (C=O) groups is 1. The van der Waals surface area contributed by atoms with Crippen LogP contribution >= 0.6 is 0 Å². The Morgan fingerprint density at radius 2 is 2.38 bits per heavy atom. The molecule has 6 heteroatoms. The van der Waals surface area contributed by atoms with E-state index in [4.69, 9.17) is 5.11 Å². The Morgan fingerprint density at radius 3 is 3.00 bits per heavy atom. The van der Waals surface area contributed by atoms with Crippen molar-refractivity contribution in [3.8, 4) is 0 Å². The molecule has 0 unspecified atom stereocenters. The van der Waals surface area contributed by atoms with Gasteiger partial charge in [-0.2, -0.15) is 5.10 Å². The number of carboxylic acid groups (broad SMARTS) is 1. The summed E-state index contributed by atoms with van der Waals surface area (Å²) in [7, 11) is 0. The van der Waals surface area contributed by atoms with Gasteiger partial charge in [-0.3, -0.25) is 4.68 Å². The molecule has 0 saturated carbocycles. The number of aryl methyl sites for hydroxylation is 1. The molecule has 0 aliphatic carbocycles. The molecule has 2 rings (SSSR count). The second-order valence-corrected chi connectivity index (χ2v) is 3.33. The van der Waals surface area contributed by atoms with E-state index in [9.17, 15) is 4.79 Å². The average molecular weight is 218 g/mol. The first-order valence-electron chi connectivity index (χ1n) is 4.70. The van der Waals surface area contributed by atoms with Crippen LogP contribution in [0.5, 0.6) is 0 Å². The zero-order valence-corrected chi connectivity index (χ0v) is 8.66. The van der Waals surface area contributed by atoms with E-state index in [-0.39, 0.29) is 5.69 Å². The van der Waals surface area contributed by atoms with Crippen LogP contribution in [0.25, 0.3) is 0 Å². The molecule has 82 valence electrons. The van der Waals surface area contributed by atoms with Crippen molar-refractivity contribution in [2.24, 2.45) is 0 Å². The van der Waals surface area contributed by atoms with Gasteiger partial charge < -0.3 is 5.11 Å². The van der Waals surface area contributed by atoms with E-state index in [0.717, 1.165) is 0 Å². The predicted molar refractivity (Wildman–Crippen MR) is 55.1 cm³/mol. The van der Waals surface area contributed by atoms with Gasteiger partial charge in [0.2, 0.25) is 0 Å². The standard InChI is InChI=1S/C10H10N4O2/c1-7-5-11-8(13-9(7)10(15)16)6-14-4-2-3-12-14/h2-5H,6H2,1H3,(H,15,16). The Kier molecular flexibility index (Phi) is 2.63. The summed E-state index contributed by atoms with van der Waals surface area (Å²) in [6, 6.07) is 1.78. The maximum atomic E-state index is 10.9. The molecule has 0 atom stereocenters. The molecule has 0 aromatic carbocycles. The number of rotatable bonds is 3. The fourth-order valence-corrected chi connectivity index (χ4v) is 1.31. The first kappa shape index (κ1) is 10.3. The molecule has 2 aromatic rings. The Labute approximate surface area is 91.6 Å². The fourth-order valence-electron chi connectivity index (χ4n) is 1.31. The first-order valence-corrected chi connectivity index (χ1v) is 4.70. The molecule has 0 bridgehead atoms. The van der Waals surface area contributed by atoms with Gasteiger partial charge in [0.1, 0.15) is 6.54 Å². The summed E-state index contributed by atoms with van der Waals surface area (Å²) >= 11 is 0. The van der Waals surface area contributed by atoms with E-state index < -0.39 is 5.97 Å². The van der Waals surface area contributed by atoms with Gasteiger partial charge in [0.05, 0.1) is 0 Å². The van der Waals surface area contributed by atoms with Gasteiger partial charge in [-0.25, -0.2) is 14.8 Å². The zero-order valence-electron chi connectivity index (χ0n) is 8.66. The van der Waals surface area contributed by atoms with Crippen LogP contribution in [0.15, 0.2) is 24.7 Å². The lowest BCUT2D eigenvalue weighted by molar-refractivity contribution is 0.0689. The molecular weight excluding hydrogens is 208 g/mol. The van der Waals surface area contributed by atoms with Gasteiger partial charge >= 0.3 is 5.97 Å². The monoisotopic (exact) mass is 218 g/mol. The molecule has 1 N–H and O–H groups in total. The highest BCUT2D eigenvalue weighted by Crippen LogP contribution is 2.04. The van der Waals surface area contributed by atoms with Crippen molar-refractivity contribution in [2.75, 3.05) is 0 Å². The van der Waals surface area contributed by atoms with Gasteiger partial charge in [0.25, 0.3) is 0 Å². The molecule has 6 nitrogen and oxygen atoms in total. The molecule has 2 heterocycles. The van der Waals surface area contributed by atoms with Crippen LogP contribution in [0.4, 0.5) is 0 Å². The molecule has 0 amide bonds. The van der Waals surface area contributed by atoms with E-state index in [2.05, 4.69) is 15.1 Å². The van der Waals surface area contributed by atoms with Crippen LogP contribution in [0.1, 0.15) is 21.9 Å². The zero-order chi connectivity index (χ0) is 11.5. The lowest BCUT2D eigenvalue weighted by Crippen LogP contribution is -2.11. The summed E-state index contributed by atoms with van der Waals surface area (Å²) < 4.78 is 1.64. The summed E-state index contributed by atoms with van der Waals surface area (Å²) in [5.41, 5.74) is 0.592. The normalized spacial score (nSPS) is 10.3. The highest BCUT2D eigenvalue weighted by molar-refractivity contribution is 5.86.